The second-order valence-electron chi connectivity index (χ2n) is 5.48. The van der Waals surface area contributed by atoms with Crippen molar-refractivity contribution < 1.29 is 23.5 Å². The molecule has 1 amide bonds. The van der Waals surface area contributed by atoms with Crippen molar-refractivity contribution in [2.75, 3.05) is 7.11 Å². The highest BCUT2D eigenvalue weighted by Gasteiger charge is 2.14. The topological polar surface area (TPSA) is 90.1 Å². The maximum absolute atomic E-state index is 12.0. The Bertz CT molecular complexity index is 998. The van der Waals surface area contributed by atoms with Crippen LogP contribution in [0.1, 0.15) is 26.5 Å². The molecule has 0 atom stereocenters. The highest BCUT2D eigenvalue weighted by atomic mass is 35.5. The van der Waals surface area contributed by atoms with Crippen molar-refractivity contribution in [2.24, 2.45) is 5.10 Å². The van der Waals surface area contributed by atoms with Crippen molar-refractivity contribution in [1.29, 1.82) is 0 Å². The molecule has 7 nitrogen and oxygen atoms in total. The number of rotatable bonds is 6. The summed E-state index contributed by atoms with van der Waals surface area (Å²) in [5.41, 5.74) is 3.48. The van der Waals surface area contributed by atoms with E-state index in [0.29, 0.717) is 21.9 Å². The summed E-state index contributed by atoms with van der Waals surface area (Å²) in [6.07, 6.45) is 2.82. The van der Waals surface area contributed by atoms with Crippen molar-refractivity contribution in [3.8, 4) is 11.5 Å². The summed E-state index contributed by atoms with van der Waals surface area (Å²) in [6.45, 7) is 0. The van der Waals surface area contributed by atoms with Gasteiger partial charge in [-0.3, -0.25) is 4.79 Å². The molecule has 3 aromatic rings. The SMILES string of the molecule is COc1cc(C=NNC(=O)c2ccc(Cl)cc2)ccc1OC(=O)c1ccco1. The third-order valence-electron chi connectivity index (χ3n) is 3.60. The lowest BCUT2D eigenvalue weighted by atomic mass is 10.2. The minimum absolute atomic E-state index is 0.0811. The maximum atomic E-state index is 12.0. The molecule has 2 aromatic carbocycles. The van der Waals surface area contributed by atoms with E-state index in [2.05, 4.69) is 10.5 Å². The number of esters is 1. The van der Waals surface area contributed by atoms with Gasteiger partial charge in [-0.05, 0) is 60.2 Å². The minimum Gasteiger partial charge on any atom is -0.493 e. The Balaban J connectivity index is 1.66. The van der Waals surface area contributed by atoms with Gasteiger partial charge in [0.25, 0.3) is 5.91 Å². The first-order valence-electron chi connectivity index (χ1n) is 8.09. The van der Waals surface area contributed by atoms with Gasteiger partial charge in [-0.15, -0.1) is 0 Å². The third kappa shape index (κ3) is 4.77. The van der Waals surface area contributed by atoms with Crippen LogP contribution in [0.25, 0.3) is 0 Å². The number of hydrazone groups is 1. The predicted octanol–water partition coefficient (Wildman–Crippen LogP) is 3.92. The van der Waals surface area contributed by atoms with Crippen molar-refractivity contribution in [3.05, 3.63) is 82.8 Å². The predicted molar refractivity (Wildman–Crippen MR) is 103 cm³/mol. The molecule has 1 N–H and O–H groups in total. The van der Waals surface area contributed by atoms with E-state index in [1.807, 2.05) is 0 Å². The lowest BCUT2D eigenvalue weighted by molar-refractivity contribution is 0.0696. The van der Waals surface area contributed by atoms with Gasteiger partial charge in [-0.2, -0.15) is 5.10 Å². The number of nitrogens with one attached hydrogen (secondary N) is 1. The second-order valence-corrected chi connectivity index (χ2v) is 5.92. The quantitative estimate of drug-likeness (QED) is 0.294. The van der Waals surface area contributed by atoms with Crippen LogP contribution in [-0.2, 0) is 0 Å². The summed E-state index contributed by atoms with van der Waals surface area (Å²) in [7, 11) is 1.45. The number of benzene rings is 2. The number of halogens is 1. The average Bonchev–Trinajstić information content (AvgIpc) is 3.24. The highest BCUT2D eigenvalue weighted by molar-refractivity contribution is 6.30. The molecule has 0 saturated heterocycles. The Morgan fingerprint density at radius 2 is 1.89 bits per heavy atom. The van der Waals surface area contributed by atoms with E-state index >= 15 is 0 Å². The number of ether oxygens (including phenoxy) is 2. The molecule has 0 aliphatic heterocycles. The first-order valence-corrected chi connectivity index (χ1v) is 8.47. The Morgan fingerprint density at radius 3 is 2.57 bits per heavy atom. The smallest absolute Gasteiger partial charge is 0.379 e. The van der Waals surface area contributed by atoms with E-state index in [4.69, 9.17) is 25.5 Å². The van der Waals surface area contributed by atoms with E-state index in [-0.39, 0.29) is 17.4 Å². The molecule has 0 saturated carbocycles. The lowest BCUT2D eigenvalue weighted by Gasteiger charge is -2.09. The van der Waals surface area contributed by atoms with Crippen LogP contribution in [-0.4, -0.2) is 25.2 Å². The fourth-order valence-electron chi connectivity index (χ4n) is 2.22. The number of hydrogen-bond donors (Lipinski definition) is 1. The highest BCUT2D eigenvalue weighted by Crippen LogP contribution is 2.28. The van der Waals surface area contributed by atoms with Gasteiger partial charge < -0.3 is 13.9 Å². The minimum atomic E-state index is -0.639. The zero-order valence-electron chi connectivity index (χ0n) is 14.7. The number of carbonyl (C=O) groups is 2. The Morgan fingerprint density at radius 1 is 1.11 bits per heavy atom. The number of amides is 1. The van der Waals surface area contributed by atoms with Crippen LogP contribution in [0.2, 0.25) is 5.02 Å². The number of nitrogens with zero attached hydrogens (tertiary/aromatic N) is 1. The molecular weight excluding hydrogens is 384 g/mol. The molecule has 0 bridgehead atoms. The van der Waals surface area contributed by atoms with Crippen molar-refractivity contribution in [2.45, 2.75) is 0 Å². The van der Waals surface area contributed by atoms with Crippen LogP contribution in [0.15, 0.2) is 70.4 Å². The summed E-state index contributed by atoms with van der Waals surface area (Å²) in [4.78, 5) is 24.0. The van der Waals surface area contributed by atoms with Crippen molar-refractivity contribution in [1.82, 2.24) is 5.43 Å². The average molecular weight is 399 g/mol. The lowest BCUT2D eigenvalue weighted by Crippen LogP contribution is -2.17. The second kappa shape index (κ2) is 8.88. The number of methoxy groups -OCH3 is 1. The van der Waals surface area contributed by atoms with Crippen LogP contribution in [0.4, 0.5) is 0 Å². The van der Waals surface area contributed by atoms with Crippen LogP contribution in [0.3, 0.4) is 0 Å². The zero-order valence-corrected chi connectivity index (χ0v) is 15.5. The molecule has 0 radical (unpaired) electrons. The number of carbonyl (C=O) groups excluding carboxylic acids is 2. The Labute approximate surface area is 165 Å². The molecule has 3 rings (SSSR count). The molecule has 0 fully saturated rings. The van der Waals surface area contributed by atoms with Gasteiger partial charge in [0.1, 0.15) is 0 Å². The van der Waals surface area contributed by atoms with Gasteiger partial charge in [0.2, 0.25) is 5.76 Å². The van der Waals surface area contributed by atoms with Crippen LogP contribution in [0, 0.1) is 0 Å². The molecule has 8 heteroatoms. The van der Waals surface area contributed by atoms with E-state index in [1.54, 1.807) is 48.5 Å². The van der Waals surface area contributed by atoms with Gasteiger partial charge in [0.15, 0.2) is 11.5 Å². The van der Waals surface area contributed by atoms with Crippen LogP contribution >= 0.6 is 11.6 Å². The third-order valence-corrected chi connectivity index (χ3v) is 3.85. The van der Waals surface area contributed by atoms with E-state index in [0.717, 1.165) is 0 Å². The monoisotopic (exact) mass is 398 g/mol. The molecule has 0 aliphatic carbocycles. The molecule has 0 aliphatic rings. The standard InChI is InChI=1S/C20H15ClN2O5/c1-26-18-11-13(4-9-16(18)28-20(25)17-3-2-10-27-17)12-22-23-19(24)14-5-7-15(21)8-6-14/h2-12H,1H3,(H,23,24). The molecule has 1 heterocycles. The first kappa shape index (κ1) is 19.2. The van der Waals surface area contributed by atoms with E-state index in [1.165, 1.54) is 25.7 Å². The van der Waals surface area contributed by atoms with Gasteiger partial charge in [0, 0.05) is 10.6 Å². The summed E-state index contributed by atoms with van der Waals surface area (Å²) < 4.78 is 15.5. The van der Waals surface area contributed by atoms with Gasteiger partial charge in [-0.25, -0.2) is 10.2 Å². The van der Waals surface area contributed by atoms with Gasteiger partial charge in [0.05, 0.1) is 19.6 Å². The van der Waals surface area contributed by atoms with E-state index < -0.39 is 5.97 Å². The molecule has 142 valence electrons. The van der Waals surface area contributed by atoms with Crippen LogP contribution in [0.5, 0.6) is 11.5 Å². The molecular formula is C20H15ClN2O5. The van der Waals surface area contributed by atoms with Gasteiger partial charge >= 0.3 is 5.97 Å². The zero-order chi connectivity index (χ0) is 19.9. The van der Waals surface area contributed by atoms with Gasteiger partial charge in [-0.1, -0.05) is 11.6 Å². The summed E-state index contributed by atoms with van der Waals surface area (Å²) in [5, 5.41) is 4.45. The molecule has 0 spiro atoms. The fraction of sp³-hybridized carbons (Fsp3) is 0.0500. The fourth-order valence-corrected chi connectivity index (χ4v) is 2.35. The molecule has 0 unspecified atom stereocenters. The largest absolute Gasteiger partial charge is 0.493 e. The van der Waals surface area contributed by atoms with Crippen molar-refractivity contribution in [3.63, 3.8) is 0 Å². The first-order chi connectivity index (χ1) is 13.6. The Kier molecular flexibility index (Phi) is 6.08. The maximum Gasteiger partial charge on any atom is 0.379 e. The summed E-state index contributed by atoms with van der Waals surface area (Å²) >= 11 is 5.79. The Hall–Kier alpha value is -3.58. The van der Waals surface area contributed by atoms with Crippen molar-refractivity contribution >= 4 is 29.7 Å². The van der Waals surface area contributed by atoms with Crippen LogP contribution < -0.4 is 14.9 Å². The number of hydrogen-bond acceptors (Lipinski definition) is 6. The summed E-state index contributed by atoms with van der Waals surface area (Å²) in [5.74, 6) is -0.374. The normalized spacial score (nSPS) is 10.6. The molecule has 28 heavy (non-hydrogen) atoms. The summed E-state index contributed by atoms with van der Waals surface area (Å²) in [6, 6.07) is 14.3. The number of furan rings is 1. The van der Waals surface area contributed by atoms with E-state index in [9.17, 15) is 9.59 Å². The molecule has 1 aromatic heterocycles.